The first-order valence-electron chi connectivity index (χ1n) is 8.06. The van der Waals surface area contributed by atoms with Gasteiger partial charge in [0.25, 0.3) is 0 Å². The number of hydrogen-bond acceptors (Lipinski definition) is 4. The van der Waals surface area contributed by atoms with Crippen molar-refractivity contribution < 1.29 is 4.42 Å². The largest absolute Gasteiger partial charge is 0.468 e. The molecule has 4 heteroatoms. The van der Waals surface area contributed by atoms with E-state index >= 15 is 0 Å². The Labute approximate surface area is 121 Å². The van der Waals surface area contributed by atoms with E-state index in [4.69, 9.17) is 10.2 Å². The summed E-state index contributed by atoms with van der Waals surface area (Å²) in [6.07, 6.45) is 6.75. The van der Waals surface area contributed by atoms with Crippen LogP contribution < -0.4 is 5.73 Å². The Hall–Kier alpha value is -0.840. The highest BCUT2D eigenvalue weighted by Crippen LogP contribution is 2.31. The topological polar surface area (TPSA) is 45.6 Å². The lowest BCUT2D eigenvalue weighted by atomic mass is 10.0. The zero-order chi connectivity index (χ0) is 13.9. The molecule has 0 saturated carbocycles. The second kappa shape index (κ2) is 6.29. The molecule has 112 valence electrons. The molecule has 3 heterocycles. The smallest absolute Gasteiger partial charge is 0.122 e. The summed E-state index contributed by atoms with van der Waals surface area (Å²) in [7, 11) is 0. The molecule has 0 amide bonds. The van der Waals surface area contributed by atoms with Gasteiger partial charge in [-0.15, -0.1) is 0 Å². The molecule has 2 N–H and O–H groups in total. The maximum atomic E-state index is 6.37. The fraction of sp³-hybridized carbons (Fsp3) is 0.750. The zero-order valence-corrected chi connectivity index (χ0v) is 12.5. The third kappa shape index (κ3) is 2.78. The van der Waals surface area contributed by atoms with Crippen LogP contribution in [0.4, 0.5) is 0 Å². The van der Waals surface area contributed by atoms with Crippen LogP contribution >= 0.6 is 0 Å². The van der Waals surface area contributed by atoms with Crippen molar-refractivity contribution in [2.24, 2.45) is 5.73 Å². The average Bonchev–Trinajstić information content (AvgIpc) is 3.20. The normalized spacial score (nSPS) is 28.0. The van der Waals surface area contributed by atoms with Gasteiger partial charge in [-0.05, 0) is 50.9 Å². The van der Waals surface area contributed by atoms with Crippen LogP contribution in [0, 0.1) is 0 Å². The lowest BCUT2D eigenvalue weighted by molar-refractivity contribution is 0.161. The van der Waals surface area contributed by atoms with Crippen molar-refractivity contribution in [1.82, 2.24) is 9.80 Å². The third-order valence-electron chi connectivity index (χ3n) is 4.96. The van der Waals surface area contributed by atoms with E-state index in [9.17, 15) is 0 Å². The molecule has 2 aliphatic heterocycles. The maximum absolute atomic E-state index is 6.37. The molecule has 1 aromatic heterocycles. The molecule has 3 atom stereocenters. The minimum atomic E-state index is 0.151. The molecule has 4 nitrogen and oxygen atoms in total. The summed E-state index contributed by atoms with van der Waals surface area (Å²) in [5.74, 6) is 1.03. The summed E-state index contributed by atoms with van der Waals surface area (Å²) >= 11 is 0. The molecule has 0 aliphatic carbocycles. The molecule has 2 saturated heterocycles. The summed E-state index contributed by atoms with van der Waals surface area (Å²) in [6.45, 7) is 7.00. The first-order valence-corrected chi connectivity index (χ1v) is 8.06. The highest BCUT2D eigenvalue weighted by atomic mass is 16.3. The van der Waals surface area contributed by atoms with Crippen LogP contribution in [0.2, 0.25) is 0 Å². The quantitative estimate of drug-likeness (QED) is 0.896. The minimum Gasteiger partial charge on any atom is -0.468 e. The third-order valence-corrected chi connectivity index (χ3v) is 4.96. The Balaban J connectivity index is 1.69. The van der Waals surface area contributed by atoms with Gasteiger partial charge in [-0.2, -0.15) is 0 Å². The second-order valence-electron chi connectivity index (χ2n) is 6.21. The van der Waals surface area contributed by atoms with Gasteiger partial charge in [0.2, 0.25) is 0 Å². The maximum Gasteiger partial charge on any atom is 0.122 e. The van der Waals surface area contributed by atoms with E-state index in [-0.39, 0.29) is 12.1 Å². The first kappa shape index (κ1) is 14.1. The number of rotatable bonds is 5. The SMILES string of the molecule is CCC(N)C(c1ccco1)N1CCC(N2CCCC2)C1. The lowest BCUT2D eigenvalue weighted by Crippen LogP contribution is -2.42. The summed E-state index contributed by atoms with van der Waals surface area (Å²) < 4.78 is 5.66. The number of furan rings is 1. The Morgan fingerprint density at radius 1 is 1.35 bits per heavy atom. The van der Waals surface area contributed by atoms with E-state index in [0.29, 0.717) is 0 Å². The highest BCUT2D eigenvalue weighted by Gasteiger charge is 2.36. The molecule has 0 bridgehead atoms. The molecule has 2 aliphatic rings. The fourth-order valence-corrected chi connectivity index (χ4v) is 3.77. The predicted molar refractivity (Wildman–Crippen MR) is 80.5 cm³/mol. The van der Waals surface area contributed by atoms with E-state index in [0.717, 1.165) is 31.3 Å². The highest BCUT2D eigenvalue weighted by molar-refractivity contribution is 5.09. The van der Waals surface area contributed by atoms with Crippen LogP contribution in [0.5, 0.6) is 0 Å². The Kier molecular flexibility index (Phi) is 4.44. The van der Waals surface area contributed by atoms with Crippen molar-refractivity contribution >= 4 is 0 Å². The van der Waals surface area contributed by atoms with Gasteiger partial charge in [-0.1, -0.05) is 6.92 Å². The number of likely N-dealkylation sites (tertiary alicyclic amines) is 2. The molecule has 1 aromatic rings. The first-order chi connectivity index (χ1) is 9.79. The van der Waals surface area contributed by atoms with E-state index in [2.05, 4.69) is 22.8 Å². The Morgan fingerprint density at radius 2 is 2.15 bits per heavy atom. The van der Waals surface area contributed by atoms with Crippen molar-refractivity contribution in [3.8, 4) is 0 Å². The van der Waals surface area contributed by atoms with Crippen molar-refractivity contribution in [3.05, 3.63) is 24.2 Å². The molecular formula is C16H27N3O. The van der Waals surface area contributed by atoms with Crippen LogP contribution in [0.1, 0.15) is 44.4 Å². The predicted octanol–water partition coefficient (Wildman–Crippen LogP) is 2.23. The van der Waals surface area contributed by atoms with E-state index in [1.54, 1.807) is 6.26 Å². The summed E-state index contributed by atoms with van der Waals surface area (Å²) in [6, 6.07) is 5.15. The number of hydrogen-bond donors (Lipinski definition) is 1. The van der Waals surface area contributed by atoms with Gasteiger partial charge >= 0.3 is 0 Å². The van der Waals surface area contributed by atoms with Gasteiger partial charge in [0.15, 0.2) is 0 Å². The van der Waals surface area contributed by atoms with Gasteiger partial charge in [0.1, 0.15) is 5.76 Å². The van der Waals surface area contributed by atoms with Crippen molar-refractivity contribution in [2.75, 3.05) is 26.2 Å². The lowest BCUT2D eigenvalue weighted by Gasteiger charge is -2.31. The average molecular weight is 277 g/mol. The van der Waals surface area contributed by atoms with Crippen LogP contribution in [-0.2, 0) is 0 Å². The Bertz CT molecular complexity index is 400. The van der Waals surface area contributed by atoms with Crippen LogP contribution in [-0.4, -0.2) is 48.1 Å². The molecule has 20 heavy (non-hydrogen) atoms. The van der Waals surface area contributed by atoms with E-state index < -0.39 is 0 Å². The molecule has 2 fully saturated rings. The molecule has 0 aromatic carbocycles. The van der Waals surface area contributed by atoms with Gasteiger partial charge in [0.05, 0.1) is 12.3 Å². The van der Waals surface area contributed by atoms with Crippen molar-refractivity contribution in [1.29, 1.82) is 0 Å². The zero-order valence-electron chi connectivity index (χ0n) is 12.5. The molecule has 0 spiro atoms. The molecule has 3 rings (SSSR count). The van der Waals surface area contributed by atoms with E-state index in [1.165, 1.54) is 32.4 Å². The van der Waals surface area contributed by atoms with E-state index in [1.807, 2.05) is 6.07 Å². The number of nitrogens with two attached hydrogens (primary N) is 1. The molecule has 3 unspecified atom stereocenters. The summed E-state index contributed by atoms with van der Waals surface area (Å²) in [5.41, 5.74) is 6.37. The van der Waals surface area contributed by atoms with Crippen molar-refractivity contribution in [2.45, 2.75) is 50.7 Å². The molecule has 0 radical (unpaired) electrons. The standard InChI is InChI=1S/C16H27N3O/c1-2-14(17)16(15-6-5-11-20-15)19-10-7-13(12-19)18-8-3-4-9-18/h5-6,11,13-14,16H,2-4,7-10,12,17H2,1H3. The molecular weight excluding hydrogens is 250 g/mol. The monoisotopic (exact) mass is 277 g/mol. The number of nitrogens with zero attached hydrogens (tertiary/aromatic N) is 2. The van der Waals surface area contributed by atoms with Crippen LogP contribution in [0.25, 0.3) is 0 Å². The second-order valence-corrected chi connectivity index (χ2v) is 6.21. The van der Waals surface area contributed by atoms with Gasteiger partial charge < -0.3 is 10.2 Å². The van der Waals surface area contributed by atoms with Gasteiger partial charge in [-0.25, -0.2) is 0 Å². The summed E-state index contributed by atoms with van der Waals surface area (Å²) in [5, 5.41) is 0. The van der Waals surface area contributed by atoms with Crippen LogP contribution in [0.3, 0.4) is 0 Å². The van der Waals surface area contributed by atoms with Gasteiger partial charge in [-0.3, -0.25) is 9.80 Å². The van der Waals surface area contributed by atoms with Crippen molar-refractivity contribution in [3.63, 3.8) is 0 Å². The summed E-state index contributed by atoms with van der Waals surface area (Å²) in [4.78, 5) is 5.20. The minimum absolute atomic E-state index is 0.151. The van der Waals surface area contributed by atoms with Gasteiger partial charge in [0, 0.05) is 25.2 Å². The van der Waals surface area contributed by atoms with Crippen LogP contribution in [0.15, 0.2) is 22.8 Å². The fourth-order valence-electron chi connectivity index (χ4n) is 3.77. The Morgan fingerprint density at radius 3 is 2.80 bits per heavy atom.